The van der Waals surface area contributed by atoms with E-state index in [1.807, 2.05) is 36.7 Å². The highest BCUT2D eigenvalue weighted by Gasteiger charge is 2.20. The molecule has 39 heavy (non-hydrogen) atoms. The van der Waals surface area contributed by atoms with Crippen molar-refractivity contribution in [3.8, 4) is 11.1 Å². The van der Waals surface area contributed by atoms with Crippen molar-refractivity contribution in [1.29, 1.82) is 0 Å². The monoisotopic (exact) mass is 530 g/mol. The first kappa shape index (κ1) is 27.9. The number of carbonyl (C=O) groups is 2. The van der Waals surface area contributed by atoms with Gasteiger partial charge in [-0.2, -0.15) is 0 Å². The van der Waals surface area contributed by atoms with Crippen molar-refractivity contribution in [3.63, 3.8) is 0 Å². The number of aromatic nitrogens is 2. The average molecular weight is 531 g/mol. The normalized spacial score (nSPS) is 13.7. The van der Waals surface area contributed by atoms with Gasteiger partial charge in [0.25, 0.3) is 0 Å². The lowest BCUT2D eigenvalue weighted by atomic mass is 10.1. The summed E-state index contributed by atoms with van der Waals surface area (Å²) in [5.74, 6) is 0.530. The van der Waals surface area contributed by atoms with E-state index in [0.29, 0.717) is 6.54 Å². The molecule has 1 fully saturated rings. The summed E-state index contributed by atoms with van der Waals surface area (Å²) in [5, 5.41) is 2.51. The summed E-state index contributed by atoms with van der Waals surface area (Å²) >= 11 is 0. The SMILES string of the molecule is Cc1ccc(N2CCN(c3ncc(-c4cccc(CN(C)C(=O)CNC(=O)OC(C)(C)C)c4)cn3)CC2)cc1. The van der Waals surface area contributed by atoms with Crippen LogP contribution in [0, 0.1) is 6.92 Å². The Balaban J connectivity index is 1.30. The molecule has 0 bridgehead atoms. The van der Waals surface area contributed by atoms with Crippen LogP contribution in [-0.2, 0) is 16.1 Å². The summed E-state index contributed by atoms with van der Waals surface area (Å²) in [4.78, 5) is 39.8. The van der Waals surface area contributed by atoms with Gasteiger partial charge in [-0.15, -0.1) is 0 Å². The lowest BCUT2D eigenvalue weighted by Gasteiger charge is -2.36. The molecule has 206 valence electrons. The maximum Gasteiger partial charge on any atom is 0.408 e. The lowest BCUT2D eigenvalue weighted by molar-refractivity contribution is -0.129. The maximum atomic E-state index is 12.5. The Kier molecular flexibility index (Phi) is 8.69. The van der Waals surface area contributed by atoms with Crippen LogP contribution in [0.15, 0.2) is 60.9 Å². The Morgan fingerprint density at radius 1 is 0.949 bits per heavy atom. The van der Waals surface area contributed by atoms with Gasteiger partial charge in [-0.05, 0) is 57.0 Å². The maximum absolute atomic E-state index is 12.5. The largest absolute Gasteiger partial charge is 0.444 e. The first-order valence-electron chi connectivity index (χ1n) is 13.3. The Morgan fingerprint density at radius 2 is 1.59 bits per heavy atom. The van der Waals surface area contributed by atoms with Crippen LogP contribution in [0.3, 0.4) is 0 Å². The Labute approximate surface area is 230 Å². The third-order valence-electron chi connectivity index (χ3n) is 6.49. The van der Waals surface area contributed by atoms with Gasteiger partial charge < -0.3 is 24.8 Å². The van der Waals surface area contributed by atoms with E-state index in [4.69, 9.17) is 4.74 Å². The van der Waals surface area contributed by atoms with E-state index in [1.165, 1.54) is 11.3 Å². The topological polar surface area (TPSA) is 90.9 Å². The Bertz CT molecular complexity index is 1260. The molecule has 2 heterocycles. The molecule has 0 saturated carbocycles. The van der Waals surface area contributed by atoms with Gasteiger partial charge >= 0.3 is 6.09 Å². The smallest absolute Gasteiger partial charge is 0.408 e. The average Bonchev–Trinajstić information content (AvgIpc) is 2.91. The first-order valence-corrected chi connectivity index (χ1v) is 13.3. The number of amides is 2. The molecule has 1 aliphatic heterocycles. The van der Waals surface area contributed by atoms with Gasteiger partial charge in [0.2, 0.25) is 11.9 Å². The fraction of sp³-hybridized carbons (Fsp3) is 0.400. The number of likely N-dealkylation sites (N-methyl/N-ethyl adjacent to an activating group) is 1. The third-order valence-corrected chi connectivity index (χ3v) is 6.49. The van der Waals surface area contributed by atoms with E-state index in [9.17, 15) is 9.59 Å². The number of aryl methyl sites for hydroxylation is 1. The molecule has 2 amide bonds. The number of ether oxygens (including phenoxy) is 1. The van der Waals surface area contributed by atoms with Gasteiger partial charge in [0.15, 0.2) is 0 Å². The number of anilines is 2. The summed E-state index contributed by atoms with van der Waals surface area (Å²) in [5.41, 5.74) is 4.78. The van der Waals surface area contributed by atoms with E-state index < -0.39 is 11.7 Å². The molecule has 3 aromatic rings. The molecule has 1 aromatic heterocycles. The zero-order chi connectivity index (χ0) is 28.0. The Hall–Kier alpha value is -4.14. The number of piperazine rings is 1. The quantitative estimate of drug-likeness (QED) is 0.488. The van der Waals surface area contributed by atoms with Crippen molar-refractivity contribution in [2.24, 2.45) is 0 Å². The summed E-state index contributed by atoms with van der Waals surface area (Å²) in [7, 11) is 1.71. The van der Waals surface area contributed by atoms with Crippen molar-refractivity contribution in [2.45, 2.75) is 39.8 Å². The van der Waals surface area contributed by atoms with Crippen LogP contribution >= 0.6 is 0 Å². The summed E-state index contributed by atoms with van der Waals surface area (Å²) in [6.45, 7) is 11.3. The minimum Gasteiger partial charge on any atom is -0.444 e. The first-order chi connectivity index (χ1) is 18.6. The number of hydrogen-bond donors (Lipinski definition) is 1. The van der Waals surface area contributed by atoms with Gasteiger partial charge in [-0.3, -0.25) is 4.79 Å². The highest BCUT2D eigenvalue weighted by molar-refractivity contribution is 5.82. The zero-order valence-corrected chi connectivity index (χ0v) is 23.5. The number of nitrogens with one attached hydrogen (secondary N) is 1. The summed E-state index contributed by atoms with van der Waals surface area (Å²) in [6.07, 6.45) is 3.10. The number of alkyl carbamates (subject to hydrolysis) is 1. The zero-order valence-electron chi connectivity index (χ0n) is 23.5. The molecule has 4 rings (SSSR count). The van der Waals surface area contributed by atoms with E-state index in [2.05, 4.69) is 56.3 Å². The molecule has 0 atom stereocenters. The highest BCUT2D eigenvalue weighted by atomic mass is 16.6. The molecule has 1 saturated heterocycles. The van der Waals surface area contributed by atoms with Crippen LogP contribution in [0.4, 0.5) is 16.4 Å². The minimum absolute atomic E-state index is 0.125. The van der Waals surface area contributed by atoms with Crippen LogP contribution in [0.2, 0.25) is 0 Å². The molecular weight excluding hydrogens is 492 g/mol. The molecule has 2 aromatic carbocycles. The molecule has 1 N–H and O–H groups in total. The molecular formula is C30H38N6O3. The van der Waals surface area contributed by atoms with E-state index in [1.54, 1.807) is 32.7 Å². The summed E-state index contributed by atoms with van der Waals surface area (Å²) in [6, 6.07) is 16.6. The van der Waals surface area contributed by atoms with Gasteiger partial charge in [0.1, 0.15) is 12.1 Å². The van der Waals surface area contributed by atoms with Crippen molar-refractivity contribution in [2.75, 3.05) is 49.6 Å². The number of hydrogen-bond acceptors (Lipinski definition) is 7. The summed E-state index contributed by atoms with van der Waals surface area (Å²) < 4.78 is 5.19. The molecule has 0 unspecified atom stereocenters. The van der Waals surface area contributed by atoms with E-state index in [-0.39, 0.29) is 12.5 Å². The van der Waals surface area contributed by atoms with Crippen molar-refractivity contribution in [3.05, 3.63) is 72.1 Å². The van der Waals surface area contributed by atoms with Crippen LogP contribution in [0.25, 0.3) is 11.1 Å². The van der Waals surface area contributed by atoms with Gasteiger partial charge in [0, 0.05) is 63.4 Å². The molecule has 9 nitrogen and oxygen atoms in total. The molecule has 9 heteroatoms. The molecule has 1 aliphatic rings. The van der Waals surface area contributed by atoms with Gasteiger partial charge in [-0.25, -0.2) is 14.8 Å². The molecule has 0 aliphatic carbocycles. The number of nitrogens with zero attached hydrogens (tertiary/aromatic N) is 5. The van der Waals surface area contributed by atoms with Crippen LogP contribution in [0.5, 0.6) is 0 Å². The van der Waals surface area contributed by atoms with Crippen LogP contribution in [-0.4, -0.2) is 72.2 Å². The van der Waals surface area contributed by atoms with Crippen molar-refractivity contribution < 1.29 is 14.3 Å². The standard InChI is InChI=1S/C30H38N6O3/c1-22-9-11-26(12-10-22)35-13-15-36(16-14-35)28-31-18-25(19-32-28)24-8-6-7-23(17-24)21-34(5)27(37)20-33-29(38)39-30(2,3)4/h6-12,17-19H,13-16,20-21H2,1-5H3,(H,33,38). The fourth-order valence-electron chi connectivity index (χ4n) is 4.36. The lowest BCUT2D eigenvalue weighted by Crippen LogP contribution is -2.47. The molecule has 0 spiro atoms. The van der Waals surface area contributed by atoms with E-state index in [0.717, 1.165) is 48.8 Å². The predicted octanol–water partition coefficient (Wildman–Crippen LogP) is 4.26. The number of benzene rings is 2. The number of carbonyl (C=O) groups excluding carboxylic acids is 2. The second-order valence-corrected chi connectivity index (χ2v) is 10.9. The van der Waals surface area contributed by atoms with Gasteiger partial charge in [0.05, 0.1) is 0 Å². The minimum atomic E-state index is -0.613. The molecule has 0 radical (unpaired) electrons. The van der Waals surface area contributed by atoms with Crippen molar-refractivity contribution in [1.82, 2.24) is 20.2 Å². The number of rotatable bonds is 7. The van der Waals surface area contributed by atoms with Crippen LogP contribution < -0.4 is 15.1 Å². The highest BCUT2D eigenvalue weighted by Crippen LogP contribution is 2.23. The fourth-order valence-corrected chi connectivity index (χ4v) is 4.36. The van der Waals surface area contributed by atoms with E-state index >= 15 is 0 Å². The Morgan fingerprint density at radius 3 is 2.23 bits per heavy atom. The van der Waals surface area contributed by atoms with Gasteiger partial charge in [-0.1, -0.05) is 35.9 Å². The second-order valence-electron chi connectivity index (χ2n) is 10.9. The van der Waals surface area contributed by atoms with Crippen molar-refractivity contribution >= 4 is 23.6 Å². The third kappa shape index (κ3) is 7.92. The predicted molar refractivity (Wildman–Crippen MR) is 154 cm³/mol. The van der Waals surface area contributed by atoms with Crippen LogP contribution in [0.1, 0.15) is 31.9 Å². The second kappa shape index (κ2) is 12.1.